The summed E-state index contributed by atoms with van der Waals surface area (Å²) in [6, 6.07) is 21.1. The minimum Gasteiger partial charge on any atom is -0.487 e. The fourth-order valence-electron chi connectivity index (χ4n) is 2.69. The summed E-state index contributed by atoms with van der Waals surface area (Å²) in [7, 11) is 1.55. The summed E-state index contributed by atoms with van der Waals surface area (Å²) < 4.78 is 8.33. The van der Waals surface area contributed by atoms with Gasteiger partial charge in [-0.3, -0.25) is 4.98 Å². The molecule has 0 N–H and O–H groups in total. The van der Waals surface area contributed by atoms with Crippen LogP contribution in [0.4, 0.5) is 0 Å². The number of pyridine rings is 1. The normalized spacial score (nSPS) is 10.7. The van der Waals surface area contributed by atoms with Gasteiger partial charge in [0.05, 0.1) is 5.69 Å². The number of rotatable bonds is 5. The van der Waals surface area contributed by atoms with Gasteiger partial charge in [-0.15, -0.1) is 0 Å². The minimum atomic E-state index is -0.328. The van der Waals surface area contributed by atoms with Gasteiger partial charge in [0.1, 0.15) is 18.0 Å². The van der Waals surface area contributed by atoms with Crippen LogP contribution in [0.15, 0.2) is 77.7 Å². The number of nitrogens with zero attached hydrogens (tertiary/aromatic N) is 5. The highest BCUT2D eigenvalue weighted by atomic mass is 16.5. The Bertz CT molecular complexity index is 1100. The van der Waals surface area contributed by atoms with Crippen molar-refractivity contribution in [2.75, 3.05) is 0 Å². The lowest BCUT2D eigenvalue weighted by Gasteiger charge is -2.10. The molecule has 2 aromatic heterocycles. The standard InChI is InChI=1S/C20H17N5O2/c1-24-20(26)25(23-22-24)18-7-2-3-8-19(18)27-14-15-9-11-16(12-10-15)17-6-4-5-13-21-17/h2-13H,14H2,1H3. The molecule has 0 aliphatic heterocycles. The van der Waals surface area contributed by atoms with E-state index in [-0.39, 0.29) is 5.69 Å². The summed E-state index contributed by atoms with van der Waals surface area (Å²) in [4.78, 5) is 16.5. The fraction of sp³-hybridized carbons (Fsp3) is 0.100. The van der Waals surface area contributed by atoms with Crippen molar-refractivity contribution in [3.63, 3.8) is 0 Å². The van der Waals surface area contributed by atoms with E-state index in [0.29, 0.717) is 18.0 Å². The fourth-order valence-corrected chi connectivity index (χ4v) is 2.69. The lowest BCUT2D eigenvalue weighted by molar-refractivity contribution is 0.304. The molecule has 0 saturated carbocycles. The van der Waals surface area contributed by atoms with E-state index in [1.165, 1.54) is 9.36 Å². The van der Waals surface area contributed by atoms with Crippen LogP contribution in [0.25, 0.3) is 16.9 Å². The van der Waals surface area contributed by atoms with Crippen molar-refractivity contribution in [1.82, 2.24) is 24.8 Å². The van der Waals surface area contributed by atoms with E-state index < -0.39 is 0 Å². The summed E-state index contributed by atoms with van der Waals surface area (Å²) in [5, 5.41) is 7.62. The van der Waals surface area contributed by atoms with Gasteiger partial charge in [0, 0.05) is 18.8 Å². The molecular formula is C20H17N5O2. The zero-order chi connectivity index (χ0) is 18.6. The van der Waals surface area contributed by atoms with E-state index in [0.717, 1.165) is 16.8 Å². The molecule has 0 aliphatic rings. The van der Waals surface area contributed by atoms with Crippen LogP contribution < -0.4 is 10.4 Å². The summed E-state index contributed by atoms with van der Waals surface area (Å²) in [6.07, 6.45) is 1.78. The molecule has 27 heavy (non-hydrogen) atoms. The maximum atomic E-state index is 12.1. The number of hydrogen-bond acceptors (Lipinski definition) is 5. The van der Waals surface area contributed by atoms with Crippen LogP contribution >= 0.6 is 0 Å². The second kappa shape index (κ2) is 7.25. The first-order valence-electron chi connectivity index (χ1n) is 8.44. The molecule has 0 radical (unpaired) electrons. The van der Waals surface area contributed by atoms with Crippen LogP contribution in [0, 0.1) is 0 Å². The van der Waals surface area contributed by atoms with Crippen LogP contribution in [0.5, 0.6) is 5.75 Å². The van der Waals surface area contributed by atoms with E-state index in [9.17, 15) is 4.79 Å². The molecule has 2 aromatic carbocycles. The van der Waals surface area contributed by atoms with Crippen molar-refractivity contribution in [1.29, 1.82) is 0 Å². The van der Waals surface area contributed by atoms with Gasteiger partial charge in [0.25, 0.3) is 0 Å². The topological polar surface area (TPSA) is 74.8 Å². The third-order valence-corrected chi connectivity index (χ3v) is 4.12. The van der Waals surface area contributed by atoms with Gasteiger partial charge in [0.2, 0.25) is 0 Å². The molecule has 0 saturated heterocycles. The highest BCUT2D eigenvalue weighted by molar-refractivity contribution is 5.59. The van der Waals surface area contributed by atoms with Gasteiger partial charge in [-0.1, -0.05) is 42.5 Å². The predicted molar refractivity (Wildman–Crippen MR) is 101 cm³/mol. The Morgan fingerprint density at radius 2 is 1.70 bits per heavy atom. The second-order valence-corrected chi connectivity index (χ2v) is 5.97. The number of tetrazole rings is 1. The number of hydrogen-bond donors (Lipinski definition) is 0. The highest BCUT2D eigenvalue weighted by Crippen LogP contribution is 2.22. The molecule has 134 valence electrons. The predicted octanol–water partition coefficient (Wildman–Crippen LogP) is 2.61. The average Bonchev–Trinajstić information content (AvgIpc) is 3.06. The molecular weight excluding hydrogens is 342 g/mol. The van der Waals surface area contributed by atoms with Crippen molar-refractivity contribution in [2.45, 2.75) is 6.61 Å². The van der Waals surface area contributed by atoms with Crippen LogP contribution in [0.2, 0.25) is 0 Å². The monoisotopic (exact) mass is 359 g/mol. The van der Waals surface area contributed by atoms with Crippen LogP contribution in [-0.2, 0) is 13.7 Å². The van der Waals surface area contributed by atoms with E-state index in [1.807, 2.05) is 54.6 Å². The van der Waals surface area contributed by atoms with Crippen molar-refractivity contribution >= 4 is 0 Å². The number of benzene rings is 2. The Hall–Kier alpha value is -3.74. The van der Waals surface area contributed by atoms with Crippen molar-refractivity contribution in [3.05, 3.63) is 89.0 Å². The number of ether oxygens (including phenoxy) is 1. The van der Waals surface area contributed by atoms with E-state index >= 15 is 0 Å². The van der Waals surface area contributed by atoms with Gasteiger partial charge in [-0.25, -0.2) is 4.79 Å². The molecule has 4 rings (SSSR count). The first-order valence-corrected chi connectivity index (χ1v) is 8.44. The third-order valence-electron chi connectivity index (χ3n) is 4.12. The highest BCUT2D eigenvalue weighted by Gasteiger charge is 2.11. The van der Waals surface area contributed by atoms with Crippen molar-refractivity contribution in [2.24, 2.45) is 7.05 Å². The van der Waals surface area contributed by atoms with Gasteiger partial charge in [-0.2, -0.15) is 9.36 Å². The van der Waals surface area contributed by atoms with Gasteiger partial charge < -0.3 is 4.74 Å². The Morgan fingerprint density at radius 3 is 2.41 bits per heavy atom. The third kappa shape index (κ3) is 3.48. The molecule has 0 spiro atoms. The largest absolute Gasteiger partial charge is 0.487 e. The molecule has 7 nitrogen and oxygen atoms in total. The minimum absolute atomic E-state index is 0.328. The lowest BCUT2D eigenvalue weighted by Crippen LogP contribution is -2.22. The molecule has 0 atom stereocenters. The van der Waals surface area contributed by atoms with Crippen molar-refractivity contribution < 1.29 is 4.74 Å². The summed E-state index contributed by atoms with van der Waals surface area (Å²) in [5.74, 6) is 0.564. The van der Waals surface area contributed by atoms with Crippen LogP contribution in [0.1, 0.15) is 5.56 Å². The zero-order valence-corrected chi connectivity index (χ0v) is 14.7. The molecule has 4 aromatic rings. The van der Waals surface area contributed by atoms with Crippen LogP contribution in [0.3, 0.4) is 0 Å². The maximum Gasteiger partial charge on any atom is 0.368 e. The second-order valence-electron chi connectivity index (χ2n) is 5.97. The Kier molecular flexibility index (Phi) is 4.49. The maximum absolute atomic E-state index is 12.1. The first-order chi connectivity index (χ1) is 13.2. The summed E-state index contributed by atoms with van der Waals surface area (Å²) in [6.45, 7) is 0.370. The van der Waals surface area contributed by atoms with E-state index in [2.05, 4.69) is 15.4 Å². The SMILES string of the molecule is Cn1nnn(-c2ccccc2OCc2ccc(-c3ccccn3)cc2)c1=O. The first kappa shape index (κ1) is 16.7. The Balaban J connectivity index is 1.53. The number of para-hydroxylation sites is 2. The van der Waals surface area contributed by atoms with Crippen molar-refractivity contribution in [3.8, 4) is 22.7 Å². The average molecular weight is 359 g/mol. The molecule has 7 heteroatoms. The molecule has 2 heterocycles. The molecule has 0 aliphatic carbocycles. The summed E-state index contributed by atoms with van der Waals surface area (Å²) in [5.41, 5.74) is 3.21. The Morgan fingerprint density at radius 1 is 0.926 bits per heavy atom. The zero-order valence-electron chi connectivity index (χ0n) is 14.7. The van der Waals surface area contributed by atoms with Gasteiger partial charge >= 0.3 is 5.69 Å². The quantitative estimate of drug-likeness (QED) is 0.548. The Labute approximate surface area is 155 Å². The summed E-state index contributed by atoms with van der Waals surface area (Å²) >= 11 is 0. The number of aromatic nitrogens is 5. The van der Waals surface area contributed by atoms with Gasteiger partial charge in [0.15, 0.2) is 0 Å². The molecule has 0 fully saturated rings. The number of aryl methyl sites for hydroxylation is 1. The van der Waals surface area contributed by atoms with Gasteiger partial charge in [-0.05, 0) is 40.3 Å². The molecule has 0 bridgehead atoms. The van der Waals surface area contributed by atoms with E-state index in [4.69, 9.17) is 4.74 Å². The molecule has 0 unspecified atom stereocenters. The lowest BCUT2D eigenvalue weighted by atomic mass is 10.1. The molecule has 0 amide bonds. The van der Waals surface area contributed by atoms with Crippen LogP contribution in [-0.4, -0.2) is 24.8 Å². The smallest absolute Gasteiger partial charge is 0.368 e. The van der Waals surface area contributed by atoms with E-state index in [1.54, 1.807) is 25.4 Å².